The van der Waals surface area contributed by atoms with Gasteiger partial charge < -0.3 is 10.0 Å². The monoisotopic (exact) mass is 502 g/mol. The van der Waals surface area contributed by atoms with Crippen LogP contribution in [0.5, 0.6) is 0 Å². The maximum absolute atomic E-state index is 11.2. The van der Waals surface area contributed by atoms with Crippen LogP contribution in [-0.2, 0) is 11.8 Å². The molecule has 0 saturated carbocycles. The number of para-hydroxylation sites is 1. The van der Waals surface area contributed by atoms with E-state index in [1.807, 2.05) is 12.1 Å². The zero-order valence-electron chi connectivity index (χ0n) is 20.7. The lowest BCUT2D eigenvalue weighted by atomic mass is 9.86. The van der Waals surface area contributed by atoms with Crippen molar-refractivity contribution >= 4 is 35.7 Å². The zero-order chi connectivity index (χ0) is 22.6. The van der Waals surface area contributed by atoms with Crippen molar-refractivity contribution in [1.29, 1.82) is 0 Å². The first-order valence-corrected chi connectivity index (χ1v) is 12.2. The van der Waals surface area contributed by atoms with Gasteiger partial charge in [-0.1, -0.05) is 69.3 Å². The lowest BCUT2D eigenvalue weighted by Gasteiger charge is -2.32. The molecule has 2 heterocycles. The van der Waals surface area contributed by atoms with Crippen LogP contribution in [-0.4, -0.2) is 34.6 Å². The molecule has 2 aromatic carbocycles. The molecule has 34 heavy (non-hydrogen) atoms. The molecule has 1 saturated heterocycles. The first kappa shape index (κ1) is 28.6. The molecule has 1 aliphatic heterocycles. The minimum Gasteiger partial charge on any atom is -0.388 e. The molecule has 1 atom stereocenters. The van der Waals surface area contributed by atoms with E-state index in [1.165, 1.54) is 31.5 Å². The van der Waals surface area contributed by atoms with Gasteiger partial charge in [-0.2, -0.15) is 0 Å². The first-order chi connectivity index (χ1) is 15.4. The largest absolute Gasteiger partial charge is 0.388 e. The van der Waals surface area contributed by atoms with Gasteiger partial charge in [-0.25, -0.2) is 0 Å². The third-order valence-corrected chi connectivity index (χ3v) is 6.99. The molecule has 186 valence electrons. The Balaban J connectivity index is 0.00000204. The number of likely N-dealkylation sites (tertiary alicyclic amines) is 1. The van der Waals surface area contributed by atoms with E-state index >= 15 is 0 Å². The summed E-state index contributed by atoms with van der Waals surface area (Å²) in [6.07, 6.45) is 5.11. The van der Waals surface area contributed by atoms with Gasteiger partial charge in [0.1, 0.15) is 0 Å². The topological polar surface area (TPSA) is 36.4 Å². The highest BCUT2D eigenvalue weighted by Crippen LogP contribution is 2.33. The van der Waals surface area contributed by atoms with E-state index in [-0.39, 0.29) is 30.2 Å². The van der Waals surface area contributed by atoms with Gasteiger partial charge in [-0.3, -0.25) is 4.98 Å². The van der Waals surface area contributed by atoms with E-state index in [0.29, 0.717) is 5.92 Å². The SMILES string of the molecule is CC(C)(C)c1cc(C(O)CCC2CCN(CCc3ccccc3)CC2)c2ccccc2n1.Cl.Cl. The number of pyridine rings is 1. The molecule has 0 aliphatic carbocycles. The van der Waals surface area contributed by atoms with Crippen molar-refractivity contribution in [3.63, 3.8) is 0 Å². The number of piperidine rings is 1. The minimum absolute atomic E-state index is 0. The van der Waals surface area contributed by atoms with Crippen molar-refractivity contribution in [2.45, 2.75) is 64.4 Å². The third-order valence-electron chi connectivity index (χ3n) is 6.99. The number of aromatic nitrogens is 1. The van der Waals surface area contributed by atoms with Crippen molar-refractivity contribution in [1.82, 2.24) is 9.88 Å². The van der Waals surface area contributed by atoms with E-state index in [9.17, 15) is 5.11 Å². The summed E-state index contributed by atoms with van der Waals surface area (Å²) in [6.45, 7) is 10.1. The van der Waals surface area contributed by atoms with E-state index in [4.69, 9.17) is 4.98 Å². The predicted octanol–water partition coefficient (Wildman–Crippen LogP) is 7.14. The van der Waals surface area contributed by atoms with Crippen molar-refractivity contribution in [2.24, 2.45) is 5.92 Å². The second kappa shape index (κ2) is 12.9. The maximum atomic E-state index is 11.2. The number of fused-ring (bicyclic) bond motifs is 1. The number of hydrogen-bond acceptors (Lipinski definition) is 3. The van der Waals surface area contributed by atoms with E-state index in [1.54, 1.807) is 0 Å². The van der Waals surface area contributed by atoms with Gasteiger partial charge in [0.2, 0.25) is 0 Å². The number of halogens is 2. The Hall–Kier alpha value is -1.65. The smallest absolute Gasteiger partial charge is 0.0797 e. The predicted molar refractivity (Wildman–Crippen MR) is 148 cm³/mol. The summed E-state index contributed by atoms with van der Waals surface area (Å²) in [5, 5.41) is 12.3. The van der Waals surface area contributed by atoms with Gasteiger partial charge in [-0.05, 0) is 74.4 Å². The number of hydrogen-bond donors (Lipinski definition) is 1. The van der Waals surface area contributed by atoms with Gasteiger partial charge in [0, 0.05) is 23.0 Å². The van der Waals surface area contributed by atoms with E-state index in [2.05, 4.69) is 74.2 Å². The highest BCUT2D eigenvalue weighted by molar-refractivity contribution is 5.85. The standard InChI is InChI=1S/C29H38N2O.2ClH/c1-29(2,3)28-21-25(24-11-7-8-12-26(24)30-28)27(32)14-13-23-16-19-31(20-17-23)18-15-22-9-5-4-6-10-22;;/h4-12,21,23,27,32H,13-20H2,1-3H3;2*1H. The molecule has 4 rings (SSSR count). The van der Waals surface area contributed by atoms with E-state index in [0.717, 1.165) is 48.0 Å². The molecular weight excluding hydrogens is 463 g/mol. The fourth-order valence-electron chi connectivity index (χ4n) is 4.84. The van der Waals surface area contributed by atoms with Crippen LogP contribution >= 0.6 is 24.8 Å². The van der Waals surface area contributed by atoms with Crippen LogP contribution in [0.25, 0.3) is 10.9 Å². The molecule has 0 amide bonds. The molecule has 3 nitrogen and oxygen atoms in total. The summed E-state index contributed by atoms with van der Waals surface area (Å²) in [6, 6.07) is 21.2. The lowest BCUT2D eigenvalue weighted by Crippen LogP contribution is -2.35. The molecule has 0 bridgehead atoms. The average molecular weight is 504 g/mol. The molecular formula is C29H40Cl2N2O. The number of aliphatic hydroxyl groups excluding tert-OH is 1. The summed E-state index contributed by atoms with van der Waals surface area (Å²) in [4.78, 5) is 7.47. The second-order valence-electron chi connectivity index (χ2n) is 10.5. The fourth-order valence-corrected chi connectivity index (χ4v) is 4.84. The normalized spacial score (nSPS) is 16.0. The van der Waals surface area contributed by atoms with E-state index < -0.39 is 6.10 Å². The average Bonchev–Trinajstić information content (AvgIpc) is 2.81. The number of aliphatic hydroxyl groups is 1. The van der Waals surface area contributed by atoms with Gasteiger partial charge in [0.05, 0.1) is 11.6 Å². The van der Waals surface area contributed by atoms with Crippen LogP contribution < -0.4 is 0 Å². The van der Waals surface area contributed by atoms with Crippen molar-refractivity contribution < 1.29 is 5.11 Å². The quantitative estimate of drug-likeness (QED) is 0.372. The molecule has 1 unspecified atom stereocenters. The lowest BCUT2D eigenvalue weighted by molar-refractivity contribution is 0.135. The Morgan fingerprint density at radius 3 is 2.29 bits per heavy atom. The van der Waals surface area contributed by atoms with Crippen molar-refractivity contribution in [3.8, 4) is 0 Å². The van der Waals surface area contributed by atoms with Gasteiger partial charge >= 0.3 is 0 Å². The number of benzene rings is 2. The molecule has 0 spiro atoms. The van der Waals surface area contributed by atoms with Crippen LogP contribution in [0.3, 0.4) is 0 Å². The number of rotatable bonds is 7. The Morgan fingerprint density at radius 2 is 1.62 bits per heavy atom. The van der Waals surface area contributed by atoms with Crippen LogP contribution in [0.15, 0.2) is 60.7 Å². The molecule has 3 aromatic rings. The molecule has 1 aromatic heterocycles. The Bertz CT molecular complexity index is 1010. The first-order valence-electron chi connectivity index (χ1n) is 12.2. The van der Waals surface area contributed by atoms with Crippen LogP contribution in [0.4, 0.5) is 0 Å². The zero-order valence-corrected chi connectivity index (χ0v) is 22.4. The summed E-state index contributed by atoms with van der Waals surface area (Å²) in [5.74, 6) is 0.716. The number of nitrogens with zero attached hydrogens (tertiary/aromatic N) is 2. The summed E-state index contributed by atoms with van der Waals surface area (Å²) >= 11 is 0. The molecule has 1 N–H and O–H groups in total. The van der Waals surface area contributed by atoms with Gasteiger partial charge in [-0.15, -0.1) is 24.8 Å². The van der Waals surface area contributed by atoms with Crippen LogP contribution in [0.1, 0.15) is 69.4 Å². The van der Waals surface area contributed by atoms with Crippen LogP contribution in [0, 0.1) is 5.92 Å². The van der Waals surface area contributed by atoms with Crippen molar-refractivity contribution in [3.05, 3.63) is 77.5 Å². The molecule has 1 aliphatic rings. The molecule has 1 fully saturated rings. The Morgan fingerprint density at radius 1 is 0.971 bits per heavy atom. The fraction of sp³-hybridized carbons (Fsp3) is 0.483. The van der Waals surface area contributed by atoms with Crippen molar-refractivity contribution in [2.75, 3.05) is 19.6 Å². The third kappa shape index (κ3) is 7.42. The van der Waals surface area contributed by atoms with Gasteiger partial charge in [0.15, 0.2) is 0 Å². The maximum Gasteiger partial charge on any atom is 0.0797 e. The highest BCUT2D eigenvalue weighted by atomic mass is 35.5. The van der Waals surface area contributed by atoms with Crippen LogP contribution in [0.2, 0.25) is 0 Å². The summed E-state index contributed by atoms with van der Waals surface area (Å²) in [7, 11) is 0. The molecule has 0 radical (unpaired) electrons. The Labute approximate surface area is 217 Å². The molecule has 5 heteroatoms. The minimum atomic E-state index is -0.430. The second-order valence-corrected chi connectivity index (χ2v) is 10.5. The highest BCUT2D eigenvalue weighted by Gasteiger charge is 2.23. The van der Waals surface area contributed by atoms with Gasteiger partial charge in [0.25, 0.3) is 0 Å². The summed E-state index contributed by atoms with van der Waals surface area (Å²) in [5.41, 5.74) is 4.47. The summed E-state index contributed by atoms with van der Waals surface area (Å²) < 4.78 is 0. The Kier molecular flexibility index (Phi) is 10.8.